The SMILES string of the molecule is CCO[SiH](CC(COP(=O)(O)O)(c1ccccc1)c1ccccc1)OCC. The summed E-state index contributed by atoms with van der Waals surface area (Å²) in [5.41, 5.74) is 1.02. The summed E-state index contributed by atoms with van der Waals surface area (Å²) < 4.78 is 28.3. The van der Waals surface area contributed by atoms with Gasteiger partial charge in [-0.25, -0.2) is 4.57 Å². The average molecular weight is 410 g/mol. The Morgan fingerprint density at radius 2 is 1.33 bits per heavy atom. The largest absolute Gasteiger partial charge is 0.469 e. The Balaban J connectivity index is 2.55. The van der Waals surface area contributed by atoms with Crippen molar-refractivity contribution in [3.63, 3.8) is 0 Å². The van der Waals surface area contributed by atoms with Gasteiger partial charge in [-0.1, -0.05) is 60.7 Å². The lowest BCUT2D eigenvalue weighted by molar-refractivity contribution is 0.157. The second-order valence-corrected chi connectivity index (χ2v) is 9.30. The lowest BCUT2D eigenvalue weighted by Crippen LogP contribution is -2.40. The molecule has 0 heterocycles. The van der Waals surface area contributed by atoms with Gasteiger partial charge in [0.25, 0.3) is 0 Å². The molecule has 0 unspecified atom stereocenters. The van der Waals surface area contributed by atoms with Crippen LogP contribution in [0.25, 0.3) is 0 Å². The minimum absolute atomic E-state index is 0.172. The van der Waals surface area contributed by atoms with Gasteiger partial charge in [-0.3, -0.25) is 4.52 Å². The lowest BCUT2D eigenvalue weighted by Gasteiger charge is -2.36. The molecule has 0 aliphatic carbocycles. The topological polar surface area (TPSA) is 85.2 Å². The molecule has 0 amide bonds. The summed E-state index contributed by atoms with van der Waals surface area (Å²) in [6.07, 6.45) is 0. The maximum absolute atomic E-state index is 11.5. The van der Waals surface area contributed by atoms with E-state index in [1.807, 2.05) is 74.5 Å². The van der Waals surface area contributed by atoms with E-state index >= 15 is 0 Å². The Kier molecular flexibility index (Phi) is 8.38. The van der Waals surface area contributed by atoms with Crippen LogP contribution in [0.1, 0.15) is 25.0 Å². The first-order valence-corrected chi connectivity index (χ1v) is 12.2. The lowest BCUT2D eigenvalue weighted by atomic mass is 9.76. The highest BCUT2D eigenvalue weighted by Gasteiger charge is 2.40. The molecule has 148 valence electrons. The van der Waals surface area contributed by atoms with Gasteiger partial charge in [-0.2, -0.15) is 0 Å². The number of hydrogen-bond acceptors (Lipinski definition) is 4. The van der Waals surface area contributed by atoms with Crippen LogP contribution in [0.3, 0.4) is 0 Å². The molecule has 0 fully saturated rings. The standard InChI is InChI=1S/C19H27O6PSi/c1-3-24-27(25-4-2)16-19(15-23-26(20,21)22,17-11-7-5-8-12-17)18-13-9-6-10-14-18/h5-14,27H,3-4,15-16H2,1-2H3,(H2,20,21,22). The van der Waals surface area contributed by atoms with Crippen molar-refractivity contribution in [1.82, 2.24) is 0 Å². The molecule has 2 aromatic carbocycles. The Morgan fingerprint density at radius 3 is 1.70 bits per heavy atom. The van der Waals surface area contributed by atoms with Crippen LogP contribution < -0.4 is 0 Å². The summed E-state index contributed by atoms with van der Waals surface area (Å²) in [4.78, 5) is 18.7. The van der Waals surface area contributed by atoms with Crippen molar-refractivity contribution in [2.45, 2.75) is 25.3 Å². The average Bonchev–Trinajstić information content (AvgIpc) is 2.66. The molecule has 0 spiro atoms. The molecule has 8 heteroatoms. The van der Waals surface area contributed by atoms with Gasteiger partial charge >= 0.3 is 17.1 Å². The van der Waals surface area contributed by atoms with Gasteiger partial charge in [0.15, 0.2) is 0 Å². The zero-order valence-corrected chi connectivity index (χ0v) is 17.7. The summed E-state index contributed by atoms with van der Waals surface area (Å²) in [6, 6.07) is 19.7. The normalized spacial score (nSPS) is 12.5. The van der Waals surface area contributed by atoms with Gasteiger partial charge in [0.05, 0.1) is 6.61 Å². The first kappa shape index (κ1) is 22.0. The highest BCUT2D eigenvalue weighted by molar-refractivity contribution is 7.46. The molecule has 2 N–H and O–H groups in total. The zero-order chi connectivity index (χ0) is 19.8. The summed E-state index contributed by atoms with van der Waals surface area (Å²) in [6.45, 7) is 4.70. The van der Waals surface area contributed by atoms with Crippen molar-refractivity contribution in [3.8, 4) is 0 Å². The number of hydrogen-bond donors (Lipinski definition) is 2. The number of benzene rings is 2. The van der Waals surface area contributed by atoms with E-state index in [-0.39, 0.29) is 6.61 Å². The molecule has 0 aliphatic rings. The predicted octanol–water partition coefficient (Wildman–Crippen LogP) is 3.38. The number of phosphoric acid groups is 1. The molecule has 0 bridgehead atoms. The third-order valence-corrected chi connectivity index (χ3v) is 7.26. The van der Waals surface area contributed by atoms with Crippen LogP contribution in [0, 0.1) is 0 Å². The molecule has 2 rings (SSSR count). The molecule has 27 heavy (non-hydrogen) atoms. The molecule has 0 atom stereocenters. The summed E-state index contributed by atoms with van der Waals surface area (Å²) >= 11 is 0. The van der Waals surface area contributed by atoms with E-state index in [9.17, 15) is 14.4 Å². The van der Waals surface area contributed by atoms with Crippen molar-refractivity contribution < 1.29 is 27.7 Å². The first-order valence-electron chi connectivity index (χ1n) is 8.95. The molecular weight excluding hydrogens is 383 g/mol. The fourth-order valence-electron chi connectivity index (χ4n) is 3.16. The van der Waals surface area contributed by atoms with E-state index in [2.05, 4.69) is 0 Å². The fraction of sp³-hybridized carbons (Fsp3) is 0.368. The van der Waals surface area contributed by atoms with Crippen molar-refractivity contribution in [2.24, 2.45) is 0 Å². The van der Waals surface area contributed by atoms with Gasteiger partial charge in [0.2, 0.25) is 0 Å². The first-order chi connectivity index (χ1) is 12.9. The minimum Gasteiger partial charge on any atom is -0.397 e. The van der Waals surface area contributed by atoms with E-state index in [4.69, 9.17) is 13.4 Å². The monoisotopic (exact) mass is 410 g/mol. The molecule has 0 radical (unpaired) electrons. The predicted molar refractivity (Wildman–Crippen MR) is 107 cm³/mol. The van der Waals surface area contributed by atoms with Crippen LogP contribution in [0.4, 0.5) is 0 Å². The molecule has 0 aromatic heterocycles. The Hall–Kier alpha value is -1.31. The quantitative estimate of drug-likeness (QED) is 0.436. The fourth-order valence-corrected chi connectivity index (χ4v) is 5.78. The van der Waals surface area contributed by atoms with E-state index in [1.54, 1.807) is 0 Å². The van der Waals surface area contributed by atoms with E-state index < -0.39 is 22.5 Å². The maximum Gasteiger partial charge on any atom is 0.469 e. The summed E-state index contributed by atoms with van der Waals surface area (Å²) in [5.74, 6) is 0. The van der Waals surface area contributed by atoms with Crippen molar-refractivity contribution >= 4 is 17.1 Å². The van der Waals surface area contributed by atoms with E-state index in [0.29, 0.717) is 19.3 Å². The Morgan fingerprint density at radius 1 is 0.889 bits per heavy atom. The van der Waals surface area contributed by atoms with E-state index in [0.717, 1.165) is 11.1 Å². The van der Waals surface area contributed by atoms with Crippen LogP contribution in [-0.2, 0) is 23.4 Å². The molecule has 0 saturated carbocycles. The summed E-state index contributed by atoms with van der Waals surface area (Å²) in [7, 11) is -6.76. The Labute approximate surface area is 162 Å². The highest BCUT2D eigenvalue weighted by Crippen LogP contribution is 2.44. The van der Waals surface area contributed by atoms with Crippen LogP contribution in [0.2, 0.25) is 6.04 Å². The highest BCUT2D eigenvalue weighted by atomic mass is 31.2. The van der Waals surface area contributed by atoms with Gasteiger partial charge < -0.3 is 18.6 Å². The second-order valence-electron chi connectivity index (χ2n) is 6.12. The molecule has 0 aliphatic heterocycles. The molecule has 2 aromatic rings. The van der Waals surface area contributed by atoms with Gasteiger partial charge in [-0.05, 0) is 25.0 Å². The van der Waals surface area contributed by atoms with Crippen LogP contribution in [0.15, 0.2) is 60.7 Å². The van der Waals surface area contributed by atoms with E-state index in [1.165, 1.54) is 0 Å². The van der Waals surface area contributed by atoms with Gasteiger partial charge in [0.1, 0.15) is 0 Å². The maximum atomic E-state index is 11.5. The molecule has 0 saturated heterocycles. The van der Waals surface area contributed by atoms with Crippen molar-refractivity contribution in [1.29, 1.82) is 0 Å². The van der Waals surface area contributed by atoms with Crippen LogP contribution >= 0.6 is 7.82 Å². The van der Waals surface area contributed by atoms with Gasteiger partial charge in [-0.15, -0.1) is 0 Å². The van der Waals surface area contributed by atoms with Crippen molar-refractivity contribution in [2.75, 3.05) is 19.8 Å². The minimum atomic E-state index is -4.64. The molecular formula is C19H27O6PSi. The Bertz CT molecular complexity index is 676. The molecule has 6 nitrogen and oxygen atoms in total. The van der Waals surface area contributed by atoms with Crippen molar-refractivity contribution in [3.05, 3.63) is 71.8 Å². The van der Waals surface area contributed by atoms with Crippen LogP contribution in [0.5, 0.6) is 0 Å². The smallest absolute Gasteiger partial charge is 0.397 e. The third-order valence-electron chi connectivity index (χ3n) is 4.35. The summed E-state index contributed by atoms with van der Waals surface area (Å²) in [5, 5.41) is 0. The van der Waals surface area contributed by atoms with Crippen LogP contribution in [-0.4, -0.2) is 38.9 Å². The third kappa shape index (κ3) is 6.36. The second kappa shape index (κ2) is 10.3. The zero-order valence-electron chi connectivity index (χ0n) is 15.7. The number of rotatable bonds is 11. The number of phosphoric ester groups is 1. The van der Waals surface area contributed by atoms with Gasteiger partial charge in [0, 0.05) is 24.7 Å².